The van der Waals surface area contributed by atoms with E-state index in [0.29, 0.717) is 5.92 Å². The van der Waals surface area contributed by atoms with Crippen LogP contribution in [0.4, 0.5) is 0 Å². The molecular weight excluding hydrogens is 316 g/mol. The fourth-order valence-electron chi connectivity index (χ4n) is 3.53. The number of thiophene rings is 1. The average molecular weight is 338 g/mol. The Morgan fingerprint density at radius 3 is 2.88 bits per heavy atom. The van der Waals surface area contributed by atoms with Gasteiger partial charge in [0, 0.05) is 26.1 Å². The summed E-state index contributed by atoms with van der Waals surface area (Å²) in [6.07, 6.45) is 4.12. The van der Waals surface area contributed by atoms with E-state index in [1.807, 2.05) is 6.33 Å². The Labute approximate surface area is 146 Å². The van der Waals surface area contributed by atoms with Crippen LogP contribution in [0.5, 0.6) is 0 Å². The number of hydrogen-bond acceptors (Lipinski definition) is 4. The molecule has 1 unspecified atom stereocenters. The van der Waals surface area contributed by atoms with Crippen molar-refractivity contribution in [2.24, 2.45) is 5.92 Å². The highest BCUT2D eigenvalue weighted by Gasteiger charge is 2.20. The van der Waals surface area contributed by atoms with Crippen LogP contribution < -0.4 is 0 Å². The molecule has 124 valence electrons. The van der Waals surface area contributed by atoms with E-state index in [0.717, 1.165) is 31.9 Å². The van der Waals surface area contributed by atoms with Gasteiger partial charge in [-0.1, -0.05) is 24.3 Å². The lowest BCUT2D eigenvalue weighted by Crippen LogP contribution is -2.31. The first kappa shape index (κ1) is 15.5. The molecule has 0 saturated carbocycles. The fraction of sp³-hybridized carbons (Fsp3) is 0.368. The lowest BCUT2D eigenvalue weighted by atomic mass is 9.98. The second kappa shape index (κ2) is 6.87. The van der Waals surface area contributed by atoms with Gasteiger partial charge in [-0.25, -0.2) is 0 Å². The summed E-state index contributed by atoms with van der Waals surface area (Å²) in [5.41, 5.74) is 3.99. The SMILES string of the molecule is CN(Cc1ccc(-c2ccsc2)cc1)CC1CCc2nncn2C1. The van der Waals surface area contributed by atoms with Gasteiger partial charge in [0.05, 0.1) is 0 Å². The zero-order valence-electron chi connectivity index (χ0n) is 13.9. The van der Waals surface area contributed by atoms with Crippen molar-refractivity contribution < 1.29 is 0 Å². The van der Waals surface area contributed by atoms with E-state index in [1.165, 1.54) is 23.1 Å². The largest absolute Gasteiger partial charge is 0.317 e. The molecule has 1 aliphatic heterocycles. The zero-order valence-corrected chi connectivity index (χ0v) is 14.7. The first-order valence-electron chi connectivity index (χ1n) is 8.44. The molecule has 4 nitrogen and oxygen atoms in total. The molecule has 24 heavy (non-hydrogen) atoms. The van der Waals surface area contributed by atoms with Gasteiger partial charge in [-0.2, -0.15) is 11.3 Å². The van der Waals surface area contributed by atoms with Crippen molar-refractivity contribution in [2.45, 2.75) is 25.9 Å². The third-order valence-corrected chi connectivity index (χ3v) is 5.44. The van der Waals surface area contributed by atoms with Gasteiger partial charge in [-0.3, -0.25) is 0 Å². The lowest BCUT2D eigenvalue weighted by molar-refractivity contribution is 0.229. The van der Waals surface area contributed by atoms with Crippen molar-refractivity contribution in [3.05, 3.63) is 58.8 Å². The van der Waals surface area contributed by atoms with E-state index in [-0.39, 0.29) is 0 Å². The maximum absolute atomic E-state index is 4.17. The quantitative estimate of drug-likeness (QED) is 0.711. The highest BCUT2D eigenvalue weighted by Crippen LogP contribution is 2.23. The Balaban J connectivity index is 1.34. The molecule has 0 N–H and O–H groups in total. The Kier molecular flexibility index (Phi) is 4.45. The van der Waals surface area contributed by atoms with Gasteiger partial charge in [0.15, 0.2) is 0 Å². The van der Waals surface area contributed by atoms with Crippen molar-refractivity contribution in [3.8, 4) is 11.1 Å². The number of aromatic nitrogens is 3. The monoisotopic (exact) mass is 338 g/mol. The summed E-state index contributed by atoms with van der Waals surface area (Å²) in [7, 11) is 2.22. The predicted octanol–water partition coefficient (Wildman–Crippen LogP) is 3.70. The summed E-state index contributed by atoms with van der Waals surface area (Å²) < 4.78 is 2.21. The number of aryl methyl sites for hydroxylation is 1. The molecule has 1 aromatic carbocycles. The molecule has 4 rings (SSSR count). The van der Waals surface area contributed by atoms with Crippen LogP contribution in [0.2, 0.25) is 0 Å². The highest BCUT2D eigenvalue weighted by molar-refractivity contribution is 7.08. The van der Waals surface area contributed by atoms with E-state index in [9.17, 15) is 0 Å². The van der Waals surface area contributed by atoms with Crippen LogP contribution in [0.25, 0.3) is 11.1 Å². The van der Waals surface area contributed by atoms with E-state index in [4.69, 9.17) is 0 Å². The van der Waals surface area contributed by atoms with E-state index >= 15 is 0 Å². The maximum Gasteiger partial charge on any atom is 0.132 e. The van der Waals surface area contributed by atoms with E-state index in [1.54, 1.807) is 11.3 Å². The molecule has 0 spiro atoms. The Hall–Kier alpha value is -1.98. The number of nitrogens with zero attached hydrogens (tertiary/aromatic N) is 4. The van der Waals surface area contributed by atoms with Gasteiger partial charge in [-0.15, -0.1) is 10.2 Å². The van der Waals surface area contributed by atoms with Crippen LogP contribution in [0.1, 0.15) is 17.8 Å². The minimum Gasteiger partial charge on any atom is -0.317 e. The molecule has 0 aliphatic carbocycles. The topological polar surface area (TPSA) is 34.0 Å². The molecule has 0 radical (unpaired) electrons. The van der Waals surface area contributed by atoms with Crippen LogP contribution in [-0.4, -0.2) is 33.3 Å². The number of rotatable bonds is 5. The fourth-order valence-corrected chi connectivity index (χ4v) is 4.19. The molecule has 5 heteroatoms. The summed E-state index contributed by atoms with van der Waals surface area (Å²) in [4.78, 5) is 2.43. The minimum atomic E-state index is 0.684. The van der Waals surface area contributed by atoms with Gasteiger partial charge in [0.2, 0.25) is 0 Å². The van der Waals surface area contributed by atoms with Gasteiger partial charge in [0.25, 0.3) is 0 Å². The van der Waals surface area contributed by atoms with E-state index in [2.05, 4.69) is 67.8 Å². The van der Waals surface area contributed by atoms with Gasteiger partial charge in [-0.05, 0) is 52.9 Å². The first-order valence-corrected chi connectivity index (χ1v) is 9.39. The maximum atomic E-state index is 4.17. The molecule has 3 heterocycles. The number of hydrogen-bond donors (Lipinski definition) is 0. The summed E-state index contributed by atoms with van der Waals surface area (Å²) in [5.74, 6) is 1.82. The van der Waals surface area contributed by atoms with Crippen LogP contribution in [0.3, 0.4) is 0 Å². The summed E-state index contributed by atoms with van der Waals surface area (Å²) >= 11 is 1.75. The summed E-state index contributed by atoms with van der Waals surface area (Å²) in [5, 5.41) is 12.5. The smallest absolute Gasteiger partial charge is 0.132 e. The molecule has 1 atom stereocenters. The van der Waals surface area contributed by atoms with Crippen LogP contribution >= 0.6 is 11.3 Å². The molecule has 2 aromatic heterocycles. The Morgan fingerprint density at radius 1 is 1.21 bits per heavy atom. The third kappa shape index (κ3) is 3.42. The number of fused-ring (bicyclic) bond motifs is 1. The standard InChI is InChI=1S/C19H22N4S/c1-22(11-16-4-7-19-21-20-14-23(19)12-16)10-15-2-5-17(6-3-15)18-8-9-24-13-18/h2-3,5-6,8-9,13-14,16H,4,7,10-12H2,1H3. The molecule has 0 saturated heterocycles. The molecule has 0 fully saturated rings. The van der Waals surface area contributed by atoms with Crippen LogP contribution in [0, 0.1) is 5.92 Å². The molecule has 0 amide bonds. The number of benzene rings is 1. The second-order valence-electron chi connectivity index (χ2n) is 6.71. The molecule has 0 bridgehead atoms. The van der Waals surface area contributed by atoms with Crippen molar-refractivity contribution in [1.29, 1.82) is 0 Å². The van der Waals surface area contributed by atoms with E-state index < -0.39 is 0 Å². The van der Waals surface area contributed by atoms with Crippen molar-refractivity contribution in [3.63, 3.8) is 0 Å². The third-order valence-electron chi connectivity index (χ3n) is 4.76. The van der Waals surface area contributed by atoms with Gasteiger partial charge in [0.1, 0.15) is 12.2 Å². The summed E-state index contributed by atoms with van der Waals surface area (Å²) in [6, 6.07) is 11.1. The van der Waals surface area contributed by atoms with Crippen molar-refractivity contribution in [2.75, 3.05) is 13.6 Å². The molecule has 3 aromatic rings. The van der Waals surface area contributed by atoms with Gasteiger partial charge < -0.3 is 9.47 Å². The lowest BCUT2D eigenvalue weighted by Gasteiger charge is -2.27. The summed E-state index contributed by atoms with van der Waals surface area (Å²) in [6.45, 7) is 3.16. The highest BCUT2D eigenvalue weighted by atomic mass is 32.1. The second-order valence-corrected chi connectivity index (χ2v) is 7.49. The normalized spacial score (nSPS) is 17.2. The average Bonchev–Trinajstić information content (AvgIpc) is 3.26. The van der Waals surface area contributed by atoms with Crippen LogP contribution in [0.15, 0.2) is 47.4 Å². The van der Waals surface area contributed by atoms with Gasteiger partial charge >= 0.3 is 0 Å². The molecule has 1 aliphatic rings. The van der Waals surface area contributed by atoms with Crippen molar-refractivity contribution >= 4 is 11.3 Å². The first-order chi connectivity index (χ1) is 11.8. The Morgan fingerprint density at radius 2 is 2.08 bits per heavy atom. The van der Waals surface area contributed by atoms with Crippen molar-refractivity contribution in [1.82, 2.24) is 19.7 Å². The predicted molar refractivity (Wildman–Crippen MR) is 97.9 cm³/mol. The van der Waals surface area contributed by atoms with Crippen LogP contribution in [-0.2, 0) is 19.5 Å². The minimum absolute atomic E-state index is 0.684. The zero-order chi connectivity index (χ0) is 16.4. The Bertz CT molecular complexity index is 776. The molecular formula is C19H22N4S.